The van der Waals surface area contributed by atoms with Crippen LogP contribution in [0.4, 0.5) is 4.39 Å². The van der Waals surface area contributed by atoms with Crippen LogP contribution < -0.4 is 10.6 Å². The minimum absolute atomic E-state index is 0.0429. The summed E-state index contributed by atoms with van der Waals surface area (Å²) in [5.74, 6) is -0.725. The fraction of sp³-hybridized carbons (Fsp3) is 0.533. The molecule has 7 heteroatoms. The van der Waals surface area contributed by atoms with Crippen LogP contribution in [0.15, 0.2) is 18.2 Å². The fourth-order valence-corrected chi connectivity index (χ4v) is 2.70. The quantitative estimate of drug-likeness (QED) is 0.775. The number of ether oxygens (including phenoxy) is 1. The fourth-order valence-electron chi connectivity index (χ4n) is 2.34. The molecule has 1 aromatic carbocycles. The first kappa shape index (κ1) is 17.1. The third kappa shape index (κ3) is 3.95. The molecule has 0 unspecified atom stereocenters. The van der Waals surface area contributed by atoms with Crippen LogP contribution in [0.25, 0.3) is 0 Å². The van der Waals surface area contributed by atoms with Gasteiger partial charge < -0.3 is 20.5 Å². The Morgan fingerprint density at radius 3 is 2.91 bits per heavy atom. The molecule has 1 aliphatic rings. The molecule has 2 atom stereocenters. The normalized spacial score (nSPS) is 22.4. The highest BCUT2D eigenvalue weighted by molar-refractivity contribution is 6.31. The Balaban J connectivity index is 2.05. The average Bonchev–Trinajstić information content (AvgIpc) is 2.49. The van der Waals surface area contributed by atoms with Crippen molar-refractivity contribution in [3.8, 4) is 0 Å². The van der Waals surface area contributed by atoms with E-state index >= 15 is 0 Å². The van der Waals surface area contributed by atoms with Crippen molar-refractivity contribution >= 4 is 17.5 Å². The third-order valence-corrected chi connectivity index (χ3v) is 3.97. The van der Waals surface area contributed by atoms with Crippen LogP contribution in [0.1, 0.15) is 19.4 Å². The standard InChI is InChI=1S/C15H20ClFN2O3/c1-15(2,11-5-9(17)3-4-12(11)16)19-14(21)13-6-18-10(7-20)8-22-13/h3-5,10,13,18,20H,6-8H2,1-2H3,(H,19,21)/t10-,13+/m1/s1. The molecule has 0 aliphatic carbocycles. The molecule has 0 bridgehead atoms. The third-order valence-electron chi connectivity index (χ3n) is 3.64. The molecule has 0 aromatic heterocycles. The van der Waals surface area contributed by atoms with Crippen molar-refractivity contribution in [2.45, 2.75) is 31.5 Å². The summed E-state index contributed by atoms with van der Waals surface area (Å²) >= 11 is 6.10. The lowest BCUT2D eigenvalue weighted by Crippen LogP contribution is -2.56. The van der Waals surface area contributed by atoms with Crippen LogP contribution in [0.2, 0.25) is 5.02 Å². The monoisotopic (exact) mass is 330 g/mol. The molecule has 0 spiro atoms. The number of aliphatic hydroxyl groups excluding tert-OH is 1. The average molecular weight is 331 g/mol. The van der Waals surface area contributed by atoms with Crippen molar-refractivity contribution in [2.75, 3.05) is 19.8 Å². The van der Waals surface area contributed by atoms with Gasteiger partial charge in [0.1, 0.15) is 11.9 Å². The number of nitrogens with one attached hydrogen (secondary N) is 2. The van der Waals surface area contributed by atoms with Gasteiger partial charge in [-0.25, -0.2) is 4.39 Å². The van der Waals surface area contributed by atoms with Gasteiger partial charge in [-0.2, -0.15) is 0 Å². The van der Waals surface area contributed by atoms with Gasteiger partial charge in [0.05, 0.1) is 24.8 Å². The molecule has 2 rings (SSSR count). The number of carbonyl (C=O) groups is 1. The van der Waals surface area contributed by atoms with Crippen molar-refractivity contribution in [2.24, 2.45) is 0 Å². The molecule has 5 nitrogen and oxygen atoms in total. The number of aliphatic hydroxyl groups is 1. The van der Waals surface area contributed by atoms with E-state index in [1.165, 1.54) is 18.2 Å². The molecular weight excluding hydrogens is 311 g/mol. The number of carbonyl (C=O) groups excluding carboxylic acids is 1. The first-order chi connectivity index (χ1) is 10.3. The Morgan fingerprint density at radius 1 is 1.59 bits per heavy atom. The zero-order valence-electron chi connectivity index (χ0n) is 12.5. The summed E-state index contributed by atoms with van der Waals surface area (Å²) in [6.45, 7) is 4.02. The zero-order valence-corrected chi connectivity index (χ0v) is 13.3. The lowest BCUT2D eigenvalue weighted by Gasteiger charge is -2.33. The van der Waals surface area contributed by atoms with Gasteiger partial charge in [-0.1, -0.05) is 11.6 Å². The highest BCUT2D eigenvalue weighted by Gasteiger charge is 2.32. The molecule has 1 amide bonds. The van der Waals surface area contributed by atoms with Gasteiger partial charge in [-0.05, 0) is 37.6 Å². The van der Waals surface area contributed by atoms with E-state index < -0.39 is 17.5 Å². The maximum atomic E-state index is 13.4. The molecule has 0 radical (unpaired) electrons. The second-order valence-corrected chi connectivity index (χ2v) is 6.26. The summed E-state index contributed by atoms with van der Waals surface area (Å²) in [5, 5.41) is 15.2. The van der Waals surface area contributed by atoms with Gasteiger partial charge in [0, 0.05) is 11.6 Å². The molecule has 3 N–H and O–H groups in total. The lowest BCUT2D eigenvalue weighted by atomic mass is 9.93. The Bertz CT molecular complexity index is 546. The maximum Gasteiger partial charge on any atom is 0.251 e. The highest BCUT2D eigenvalue weighted by atomic mass is 35.5. The van der Waals surface area contributed by atoms with Gasteiger partial charge in [-0.15, -0.1) is 0 Å². The van der Waals surface area contributed by atoms with Crippen molar-refractivity contribution in [3.63, 3.8) is 0 Å². The number of benzene rings is 1. The zero-order chi connectivity index (χ0) is 16.3. The number of hydrogen-bond donors (Lipinski definition) is 3. The minimum atomic E-state index is -0.840. The van der Waals surface area contributed by atoms with Gasteiger partial charge in [0.2, 0.25) is 0 Å². The van der Waals surface area contributed by atoms with E-state index in [0.717, 1.165) is 0 Å². The van der Waals surface area contributed by atoms with E-state index in [1.807, 2.05) is 0 Å². The van der Waals surface area contributed by atoms with Crippen molar-refractivity contribution in [1.82, 2.24) is 10.6 Å². The minimum Gasteiger partial charge on any atom is -0.395 e. The van der Waals surface area contributed by atoms with Crippen LogP contribution in [0.5, 0.6) is 0 Å². The first-order valence-electron chi connectivity index (χ1n) is 7.07. The molecule has 22 heavy (non-hydrogen) atoms. The SMILES string of the molecule is CC(C)(NC(=O)[C@@H]1CN[C@H](CO)CO1)c1cc(F)ccc1Cl. The van der Waals surface area contributed by atoms with Crippen LogP contribution in [0, 0.1) is 5.82 Å². The van der Waals surface area contributed by atoms with E-state index in [2.05, 4.69) is 10.6 Å². The van der Waals surface area contributed by atoms with Crippen molar-refractivity contribution < 1.29 is 19.0 Å². The first-order valence-corrected chi connectivity index (χ1v) is 7.44. The second kappa shape index (κ2) is 6.91. The second-order valence-electron chi connectivity index (χ2n) is 5.85. The number of morpholine rings is 1. The van der Waals surface area contributed by atoms with E-state index in [0.29, 0.717) is 17.1 Å². The summed E-state index contributed by atoms with van der Waals surface area (Å²) in [6.07, 6.45) is -0.658. The molecule has 1 heterocycles. The van der Waals surface area contributed by atoms with E-state index in [9.17, 15) is 9.18 Å². The molecule has 122 valence electrons. The Kier molecular flexibility index (Phi) is 5.39. The Labute approximate surface area is 133 Å². The smallest absolute Gasteiger partial charge is 0.251 e. The Hall–Kier alpha value is -1.21. The van der Waals surface area contributed by atoms with Crippen LogP contribution in [-0.4, -0.2) is 42.9 Å². The van der Waals surface area contributed by atoms with Gasteiger partial charge in [-0.3, -0.25) is 4.79 Å². The molecule has 0 saturated carbocycles. The van der Waals surface area contributed by atoms with Crippen LogP contribution >= 0.6 is 11.6 Å². The summed E-state index contributed by atoms with van der Waals surface area (Å²) in [5.41, 5.74) is -0.340. The number of hydrogen-bond acceptors (Lipinski definition) is 4. The maximum absolute atomic E-state index is 13.4. The van der Waals surface area contributed by atoms with Gasteiger partial charge in [0.25, 0.3) is 5.91 Å². The molecule has 1 aromatic rings. The van der Waals surface area contributed by atoms with E-state index in [4.69, 9.17) is 21.4 Å². The summed E-state index contributed by atoms with van der Waals surface area (Å²) in [4.78, 5) is 12.3. The van der Waals surface area contributed by atoms with E-state index in [-0.39, 0.29) is 25.2 Å². The summed E-state index contributed by atoms with van der Waals surface area (Å²) in [7, 11) is 0. The topological polar surface area (TPSA) is 70.6 Å². The van der Waals surface area contributed by atoms with E-state index in [1.54, 1.807) is 13.8 Å². The Morgan fingerprint density at radius 2 is 2.32 bits per heavy atom. The number of halogens is 2. The molecular formula is C15H20ClFN2O3. The highest BCUT2D eigenvalue weighted by Crippen LogP contribution is 2.28. The largest absolute Gasteiger partial charge is 0.395 e. The summed E-state index contributed by atoms with van der Waals surface area (Å²) < 4.78 is 18.9. The van der Waals surface area contributed by atoms with Gasteiger partial charge in [0.15, 0.2) is 0 Å². The molecule has 1 fully saturated rings. The van der Waals surface area contributed by atoms with Gasteiger partial charge >= 0.3 is 0 Å². The van der Waals surface area contributed by atoms with Crippen molar-refractivity contribution in [1.29, 1.82) is 0 Å². The number of rotatable bonds is 4. The van der Waals surface area contributed by atoms with Crippen LogP contribution in [-0.2, 0) is 15.1 Å². The summed E-state index contributed by atoms with van der Waals surface area (Å²) in [6, 6.07) is 3.89. The number of amides is 1. The molecule has 1 saturated heterocycles. The lowest BCUT2D eigenvalue weighted by molar-refractivity contribution is -0.137. The van der Waals surface area contributed by atoms with Crippen molar-refractivity contribution in [3.05, 3.63) is 34.6 Å². The van der Waals surface area contributed by atoms with Crippen LogP contribution in [0.3, 0.4) is 0 Å². The predicted molar refractivity (Wildman–Crippen MR) is 81.2 cm³/mol. The predicted octanol–water partition coefficient (Wildman–Crippen LogP) is 1.18. The molecule has 1 aliphatic heterocycles.